The molecule has 2 aromatic carbocycles. The molecule has 2 aromatic rings. The van der Waals surface area contributed by atoms with Gasteiger partial charge in [-0.1, -0.05) is 6.07 Å². The maximum absolute atomic E-state index is 12.8. The number of Topliss-reactive ketones (excluding diaryl/α,β-unsaturated/α-hetero) is 1. The molecule has 0 spiro atoms. The van der Waals surface area contributed by atoms with Gasteiger partial charge in [0.2, 0.25) is 5.78 Å². The van der Waals surface area contributed by atoms with Crippen molar-refractivity contribution >= 4 is 11.5 Å². The molecule has 3 nitrogen and oxygen atoms in total. The predicted molar refractivity (Wildman–Crippen MR) is 71.7 cm³/mol. The molecule has 0 aliphatic carbocycles. The minimum Gasteiger partial charge on any atom is -0.482 e. The molecule has 1 atom stereocenters. The zero-order valence-electron chi connectivity index (χ0n) is 10.5. The van der Waals surface area contributed by atoms with E-state index in [0.29, 0.717) is 17.0 Å². The molecular formula is C15H14FNO2. The molecule has 0 radical (unpaired) electrons. The maximum atomic E-state index is 12.8. The van der Waals surface area contributed by atoms with E-state index >= 15 is 0 Å². The van der Waals surface area contributed by atoms with Crippen molar-refractivity contribution in [2.45, 2.75) is 13.0 Å². The predicted octanol–water partition coefficient (Wildman–Crippen LogP) is 3.06. The summed E-state index contributed by atoms with van der Waals surface area (Å²) in [4.78, 5) is 12.1. The van der Waals surface area contributed by atoms with Crippen molar-refractivity contribution in [2.24, 2.45) is 0 Å². The fourth-order valence-electron chi connectivity index (χ4n) is 1.69. The van der Waals surface area contributed by atoms with Crippen LogP contribution in [0.4, 0.5) is 10.1 Å². The van der Waals surface area contributed by atoms with Crippen molar-refractivity contribution < 1.29 is 13.9 Å². The Hall–Kier alpha value is -2.36. The van der Waals surface area contributed by atoms with E-state index in [0.717, 1.165) is 0 Å². The molecule has 0 aromatic heterocycles. The highest BCUT2D eigenvalue weighted by molar-refractivity contribution is 5.99. The van der Waals surface area contributed by atoms with Gasteiger partial charge >= 0.3 is 0 Å². The van der Waals surface area contributed by atoms with E-state index < -0.39 is 6.10 Å². The van der Waals surface area contributed by atoms with E-state index in [9.17, 15) is 9.18 Å². The second-order valence-electron chi connectivity index (χ2n) is 4.20. The topological polar surface area (TPSA) is 52.3 Å². The number of hydrogen-bond donors (Lipinski definition) is 1. The van der Waals surface area contributed by atoms with Gasteiger partial charge in [0.15, 0.2) is 6.10 Å². The fourth-order valence-corrected chi connectivity index (χ4v) is 1.69. The first kappa shape index (κ1) is 13.1. The molecule has 0 saturated carbocycles. The number of carbonyl (C=O) groups is 1. The highest BCUT2D eigenvalue weighted by Crippen LogP contribution is 2.17. The third kappa shape index (κ3) is 3.31. The molecule has 0 aliphatic heterocycles. The summed E-state index contributed by atoms with van der Waals surface area (Å²) in [7, 11) is 0. The summed E-state index contributed by atoms with van der Waals surface area (Å²) in [6, 6.07) is 12.2. The smallest absolute Gasteiger partial charge is 0.202 e. The Morgan fingerprint density at radius 3 is 2.53 bits per heavy atom. The normalized spacial score (nSPS) is 11.9. The molecule has 1 unspecified atom stereocenters. The van der Waals surface area contributed by atoms with Gasteiger partial charge in [-0.2, -0.15) is 0 Å². The Bertz CT molecular complexity index is 581. The lowest BCUT2D eigenvalue weighted by Gasteiger charge is -2.14. The average Bonchev–Trinajstić information content (AvgIpc) is 2.39. The molecule has 2 N–H and O–H groups in total. The SMILES string of the molecule is CC(Oc1cccc(N)c1)C(=O)c1ccc(F)cc1. The van der Waals surface area contributed by atoms with Crippen molar-refractivity contribution in [2.75, 3.05) is 5.73 Å². The van der Waals surface area contributed by atoms with Crippen molar-refractivity contribution in [3.8, 4) is 5.75 Å². The van der Waals surface area contributed by atoms with Gasteiger partial charge in [-0.15, -0.1) is 0 Å². The van der Waals surface area contributed by atoms with Gasteiger partial charge in [0.05, 0.1) is 0 Å². The number of halogens is 1. The van der Waals surface area contributed by atoms with Gasteiger partial charge in [0.25, 0.3) is 0 Å². The molecule has 4 heteroatoms. The number of nitrogens with two attached hydrogens (primary N) is 1. The van der Waals surface area contributed by atoms with Crippen LogP contribution in [0, 0.1) is 5.82 Å². The Kier molecular flexibility index (Phi) is 3.80. The third-order valence-electron chi connectivity index (χ3n) is 2.67. The van der Waals surface area contributed by atoms with Gasteiger partial charge in [0, 0.05) is 17.3 Å². The number of anilines is 1. The first-order chi connectivity index (χ1) is 9.06. The number of ketones is 1. The molecule has 0 aliphatic rings. The van der Waals surface area contributed by atoms with Gasteiger partial charge in [-0.3, -0.25) is 4.79 Å². The molecule has 2 rings (SSSR count). The fraction of sp³-hybridized carbons (Fsp3) is 0.133. The summed E-state index contributed by atoms with van der Waals surface area (Å²) in [6.45, 7) is 1.65. The van der Waals surface area contributed by atoms with Crippen LogP contribution in [-0.2, 0) is 0 Å². The summed E-state index contributed by atoms with van der Waals surface area (Å²) in [5.41, 5.74) is 6.61. The van der Waals surface area contributed by atoms with Gasteiger partial charge in [0.1, 0.15) is 11.6 Å². The number of nitrogen functional groups attached to an aromatic ring is 1. The van der Waals surface area contributed by atoms with E-state index in [4.69, 9.17) is 10.5 Å². The first-order valence-corrected chi connectivity index (χ1v) is 5.88. The summed E-state index contributed by atoms with van der Waals surface area (Å²) in [5.74, 6) is -0.0497. The van der Waals surface area contributed by atoms with Crippen LogP contribution in [0.1, 0.15) is 17.3 Å². The summed E-state index contributed by atoms with van der Waals surface area (Å²) in [5, 5.41) is 0. The van der Waals surface area contributed by atoms with Crippen molar-refractivity contribution in [1.29, 1.82) is 0 Å². The molecule has 0 bridgehead atoms. The standard InChI is InChI=1S/C15H14FNO2/c1-10(19-14-4-2-3-13(17)9-14)15(18)11-5-7-12(16)8-6-11/h2-10H,17H2,1H3. The van der Waals surface area contributed by atoms with Crippen LogP contribution in [0.15, 0.2) is 48.5 Å². The number of ether oxygens (including phenoxy) is 1. The Morgan fingerprint density at radius 2 is 1.89 bits per heavy atom. The number of benzene rings is 2. The van der Waals surface area contributed by atoms with Crippen LogP contribution in [0.25, 0.3) is 0 Å². The minimum atomic E-state index is -0.660. The lowest BCUT2D eigenvalue weighted by molar-refractivity contribution is 0.0818. The number of carbonyl (C=O) groups excluding carboxylic acids is 1. The van der Waals surface area contributed by atoms with Gasteiger partial charge < -0.3 is 10.5 Å². The highest BCUT2D eigenvalue weighted by atomic mass is 19.1. The summed E-state index contributed by atoms with van der Waals surface area (Å²) in [6.07, 6.45) is -0.660. The first-order valence-electron chi connectivity index (χ1n) is 5.88. The van der Waals surface area contributed by atoms with E-state index in [2.05, 4.69) is 0 Å². The van der Waals surface area contributed by atoms with Crippen LogP contribution in [0.5, 0.6) is 5.75 Å². The van der Waals surface area contributed by atoms with Crippen molar-refractivity contribution in [3.63, 3.8) is 0 Å². The summed E-state index contributed by atoms with van der Waals surface area (Å²) >= 11 is 0. The second-order valence-corrected chi connectivity index (χ2v) is 4.20. The van der Waals surface area contributed by atoms with Crippen LogP contribution >= 0.6 is 0 Å². The van der Waals surface area contributed by atoms with Gasteiger partial charge in [-0.25, -0.2) is 4.39 Å². The molecule has 0 heterocycles. The van der Waals surface area contributed by atoms with E-state index in [1.54, 1.807) is 31.2 Å². The molecular weight excluding hydrogens is 245 g/mol. The average molecular weight is 259 g/mol. The molecule has 19 heavy (non-hydrogen) atoms. The number of hydrogen-bond acceptors (Lipinski definition) is 3. The van der Waals surface area contributed by atoms with Crippen molar-refractivity contribution in [3.05, 3.63) is 59.9 Å². The molecule has 98 valence electrons. The zero-order chi connectivity index (χ0) is 13.8. The van der Waals surface area contributed by atoms with E-state index in [1.807, 2.05) is 0 Å². The van der Waals surface area contributed by atoms with Crippen LogP contribution in [0.3, 0.4) is 0 Å². The van der Waals surface area contributed by atoms with Gasteiger partial charge in [-0.05, 0) is 43.3 Å². The minimum absolute atomic E-state index is 0.206. The highest BCUT2D eigenvalue weighted by Gasteiger charge is 2.16. The zero-order valence-corrected chi connectivity index (χ0v) is 10.5. The van der Waals surface area contributed by atoms with Crippen LogP contribution in [0.2, 0.25) is 0 Å². The Morgan fingerprint density at radius 1 is 1.21 bits per heavy atom. The number of rotatable bonds is 4. The van der Waals surface area contributed by atoms with E-state index in [1.165, 1.54) is 24.3 Å². The lowest BCUT2D eigenvalue weighted by atomic mass is 10.1. The van der Waals surface area contributed by atoms with Crippen LogP contribution < -0.4 is 10.5 Å². The Labute approximate surface area is 110 Å². The second kappa shape index (κ2) is 5.52. The van der Waals surface area contributed by atoms with E-state index in [-0.39, 0.29) is 11.6 Å². The van der Waals surface area contributed by atoms with Crippen LogP contribution in [-0.4, -0.2) is 11.9 Å². The quantitative estimate of drug-likeness (QED) is 0.678. The monoisotopic (exact) mass is 259 g/mol. The molecule has 0 saturated heterocycles. The maximum Gasteiger partial charge on any atom is 0.202 e. The molecule has 0 fully saturated rings. The third-order valence-corrected chi connectivity index (χ3v) is 2.67. The Balaban J connectivity index is 2.09. The summed E-state index contributed by atoms with van der Waals surface area (Å²) < 4.78 is 18.3. The molecule has 0 amide bonds. The lowest BCUT2D eigenvalue weighted by Crippen LogP contribution is -2.23. The van der Waals surface area contributed by atoms with Crippen molar-refractivity contribution in [1.82, 2.24) is 0 Å². The largest absolute Gasteiger partial charge is 0.482 e.